The summed E-state index contributed by atoms with van der Waals surface area (Å²) in [7, 11) is 0. The lowest BCUT2D eigenvalue weighted by Crippen LogP contribution is -2.26. The fourth-order valence-electron chi connectivity index (χ4n) is 1.12. The lowest BCUT2D eigenvalue weighted by molar-refractivity contribution is -0.127. The van der Waals surface area contributed by atoms with Gasteiger partial charge in [-0.05, 0) is 0 Å². The number of halogens is 1. The largest absolute Gasteiger partial charge is 0.377 e. The van der Waals surface area contributed by atoms with E-state index < -0.39 is 6.17 Å². The van der Waals surface area contributed by atoms with E-state index in [1.54, 1.807) is 0 Å². The summed E-state index contributed by atoms with van der Waals surface area (Å²) in [6.07, 6.45) is -0.773. The third kappa shape index (κ3) is 12.0. The minimum Gasteiger partial charge on any atom is -0.377 e. The molecule has 0 rings (SSSR count). The van der Waals surface area contributed by atoms with Crippen LogP contribution < -0.4 is 5.32 Å². The van der Waals surface area contributed by atoms with Crippen molar-refractivity contribution in [3.63, 3.8) is 0 Å². The molecule has 0 aliphatic rings. The van der Waals surface area contributed by atoms with Crippen LogP contribution in [0, 0.1) is 5.92 Å². The average Bonchev–Trinajstić information content (AvgIpc) is 2.42. The first-order chi connectivity index (χ1) is 9.57. The minimum atomic E-state index is -1.22. The molecule has 0 heterocycles. The lowest BCUT2D eigenvalue weighted by atomic mass is 10.1. The molecule has 1 N–H and O–H groups in total. The third-order valence-corrected chi connectivity index (χ3v) is 2.35. The number of carbonyl (C=O) groups is 2. The van der Waals surface area contributed by atoms with Crippen LogP contribution in [0.25, 0.3) is 0 Å². The fourth-order valence-corrected chi connectivity index (χ4v) is 1.12. The van der Waals surface area contributed by atoms with Gasteiger partial charge in [-0.25, -0.2) is 4.39 Å². The van der Waals surface area contributed by atoms with Crippen molar-refractivity contribution >= 4 is 12.2 Å². The summed E-state index contributed by atoms with van der Waals surface area (Å²) in [4.78, 5) is 21.1. The van der Waals surface area contributed by atoms with Gasteiger partial charge < -0.3 is 19.5 Å². The number of hydrogen-bond donors (Lipinski definition) is 1. The van der Waals surface area contributed by atoms with E-state index in [1.165, 1.54) is 0 Å². The molecule has 118 valence electrons. The van der Waals surface area contributed by atoms with Gasteiger partial charge in [-0.1, -0.05) is 13.8 Å². The zero-order valence-electron chi connectivity index (χ0n) is 12.1. The first kappa shape index (κ1) is 18.9. The highest BCUT2D eigenvalue weighted by Gasteiger charge is 2.06. The number of carbonyl (C=O) groups excluding carboxylic acids is 2. The highest BCUT2D eigenvalue weighted by atomic mass is 19.1. The van der Waals surface area contributed by atoms with Crippen molar-refractivity contribution in [3.05, 3.63) is 0 Å². The Balaban J connectivity index is 3.21. The average molecular weight is 293 g/mol. The van der Waals surface area contributed by atoms with E-state index in [4.69, 9.17) is 14.2 Å². The molecule has 0 aromatic rings. The summed E-state index contributed by atoms with van der Waals surface area (Å²) in [5, 5.41) is 2.23. The van der Waals surface area contributed by atoms with Crippen LogP contribution in [0.1, 0.15) is 13.8 Å². The van der Waals surface area contributed by atoms with Gasteiger partial charge in [-0.2, -0.15) is 0 Å². The van der Waals surface area contributed by atoms with Crippen LogP contribution in [0.5, 0.6) is 0 Å². The predicted octanol–water partition coefficient (Wildman–Crippen LogP) is 0.345. The van der Waals surface area contributed by atoms with E-state index in [-0.39, 0.29) is 38.1 Å². The Kier molecular flexibility index (Phi) is 12.3. The van der Waals surface area contributed by atoms with Crippen molar-refractivity contribution in [2.45, 2.75) is 20.0 Å². The quantitative estimate of drug-likeness (QED) is 0.369. The summed E-state index contributed by atoms with van der Waals surface area (Å²) < 4.78 is 28.3. The first-order valence-corrected chi connectivity index (χ1v) is 6.65. The van der Waals surface area contributed by atoms with E-state index in [1.807, 2.05) is 13.8 Å². The van der Waals surface area contributed by atoms with Crippen LogP contribution in [0.2, 0.25) is 0 Å². The molecule has 0 saturated heterocycles. The molecule has 0 bridgehead atoms. The van der Waals surface area contributed by atoms with E-state index in [0.717, 1.165) is 0 Å². The number of rotatable bonds is 14. The molecule has 1 amide bonds. The van der Waals surface area contributed by atoms with Crippen LogP contribution in [0.4, 0.5) is 4.39 Å². The van der Waals surface area contributed by atoms with E-state index in [2.05, 4.69) is 5.32 Å². The molecule has 0 fully saturated rings. The summed E-state index contributed by atoms with van der Waals surface area (Å²) in [6, 6.07) is 0. The first-order valence-electron chi connectivity index (χ1n) is 6.65. The van der Waals surface area contributed by atoms with E-state index >= 15 is 0 Å². The molecular formula is C13H24FNO5. The number of nitrogens with one attached hydrogen (secondary N) is 1. The van der Waals surface area contributed by atoms with Crippen molar-refractivity contribution in [3.8, 4) is 0 Å². The molecule has 0 radical (unpaired) electrons. The van der Waals surface area contributed by atoms with Gasteiger partial charge in [0, 0.05) is 5.92 Å². The lowest BCUT2D eigenvalue weighted by Gasteiger charge is -2.09. The van der Waals surface area contributed by atoms with Crippen molar-refractivity contribution in [2.24, 2.45) is 5.92 Å². The Morgan fingerprint density at radius 1 is 1.15 bits per heavy atom. The Labute approximate surface area is 118 Å². The molecule has 20 heavy (non-hydrogen) atoms. The van der Waals surface area contributed by atoms with Crippen LogP contribution >= 0.6 is 0 Å². The molecule has 0 saturated carbocycles. The molecule has 1 atom stereocenters. The highest BCUT2D eigenvalue weighted by molar-refractivity contribution is 5.81. The topological polar surface area (TPSA) is 73.9 Å². The Hall–Kier alpha value is -1.05. The Bertz CT molecular complexity index is 263. The van der Waals surface area contributed by atoms with E-state index in [9.17, 15) is 14.0 Å². The molecule has 0 aromatic heterocycles. The Morgan fingerprint density at radius 2 is 1.75 bits per heavy atom. The molecular weight excluding hydrogens is 269 g/mol. The monoisotopic (exact) mass is 293 g/mol. The summed E-state index contributed by atoms with van der Waals surface area (Å²) >= 11 is 0. The zero-order chi connectivity index (χ0) is 15.2. The van der Waals surface area contributed by atoms with Gasteiger partial charge in [0.05, 0.1) is 39.6 Å². The van der Waals surface area contributed by atoms with Gasteiger partial charge in [0.25, 0.3) is 0 Å². The maximum atomic E-state index is 13.0. The second-order valence-electron chi connectivity index (χ2n) is 4.48. The van der Waals surface area contributed by atoms with Crippen molar-refractivity contribution in [1.29, 1.82) is 0 Å². The standard InChI is InChI=1S/C13H24FNO5/c1-11(2)13(17)9-20-6-4-18-3-5-19-8-12(14)7-15-10-16/h10-12H,3-9H2,1-2H3,(H,15,16). The molecule has 0 aliphatic carbocycles. The zero-order valence-corrected chi connectivity index (χ0v) is 12.1. The molecule has 0 spiro atoms. The van der Waals surface area contributed by atoms with Gasteiger partial charge in [-0.3, -0.25) is 9.59 Å². The van der Waals surface area contributed by atoms with Crippen LogP contribution in [0.15, 0.2) is 0 Å². The molecule has 0 aromatic carbocycles. The number of ether oxygens (including phenoxy) is 3. The van der Waals surface area contributed by atoms with Gasteiger partial charge in [0.1, 0.15) is 12.8 Å². The second kappa shape index (κ2) is 13.0. The molecule has 7 heteroatoms. The summed E-state index contributed by atoms with van der Waals surface area (Å²) in [5.41, 5.74) is 0. The van der Waals surface area contributed by atoms with Gasteiger partial charge in [0.2, 0.25) is 6.41 Å². The normalized spacial score (nSPS) is 12.4. The van der Waals surface area contributed by atoms with Gasteiger partial charge in [0.15, 0.2) is 5.78 Å². The molecule has 1 unspecified atom stereocenters. The number of amides is 1. The SMILES string of the molecule is CC(C)C(=O)COCCOCCOCC(F)CNC=O. The van der Waals surface area contributed by atoms with Gasteiger partial charge in [-0.15, -0.1) is 0 Å². The summed E-state index contributed by atoms with van der Waals surface area (Å²) in [6.45, 7) is 4.91. The molecule has 6 nitrogen and oxygen atoms in total. The van der Waals surface area contributed by atoms with Gasteiger partial charge >= 0.3 is 0 Å². The fraction of sp³-hybridized carbons (Fsp3) is 0.846. The van der Waals surface area contributed by atoms with Crippen molar-refractivity contribution in [1.82, 2.24) is 5.32 Å². The smallest absolute Gasteiger partial charge is 0.207 e. The number of alkyl halides is 1. The minimum absolute atomic E-state index is 0.0216. The van der Waals surface area contributed by atoms with Crippen LogP contribution in [-0.2, 0) is 23.8 Å². The number of ketones is 1. The van der Waals surface area contributed by atoms with Crippen LogP contribution in [0.3, 0.4) is 0 Å². The second-order valence-corrected chi connectivity index (χ2v) is 4.48. The van der Waals surface area contributed by atoms with E-state index in [0.29, 0.717) is 26.2 Å². The predicted molar refractivity (Wildman–Crippen MR) is 71.3 cm³/mol. The maximum absolute atomic E-state index is 13.0. The number of hydrogen-bond acceptors (Lipinski definition) is 5. The molecule has 0 aliphatic heterocycles. The third-order valence-electron chi connectivity index (χ3n) is 2.35. The number of Topliss-reactive ketones (excluding diaryl/α,β-unsaturated/α-hetero) is 1. The van der Waals surface area contributed by atoms with Crippen LogP contribution in [-0.4, -0.2) is 64.6 Å². The maximum Gasteiger partial charge on any atom is 0.207 e. The Morgan fingerprint density at radius 3 is 2.35 bits per heavy atom. The van der Waals surface area contributed by atoms with Crippen molar-refractivity contribution < 1.29 is 28.2 Å². The summed E-state index contributed by atoms with van der Waals surface area (Å²) in [5.74, 6) is 0.0397. The van der Waals surface area contributed by atoms with Crippen molar-refractivity contribution in [2.75, 3.05) is 46.2 Å². The highest BCUT2D eigenvalue weighted by Crippen LogP contribution is 1.94.